The van der Waals surface area contributed by atoms with Gasteiger partial charge in [-0.1, -0.05) is 30.3 Å². The summed E-state index contributed by atoms with van der Waals surface area (Å²) in [7, 11) is -1.66. The predicted octanol–water partition coefficient (Wildman–Crippen LogP) is 0.877. The Bertz CT molecular complexity index is 615. The van der Waals surface area contributed by atoms with Crippen molar-refractivity contribution in [3.05, 3.63) is 35.9 Å². The minimum atomic E-state index is -1.66. The fraction of sp³-hybridized carbons (Fsp3) is 0.308. The molecule has 1 N–H and O–H groups in total. The van der Waals surface area contributed by atoms with Crippen molar-refractivity contribution >= 4 is 27.8 Å². The summed E-state index contributed by atoms with van der Waals surface area (Å²) < 4.78 is 12.6. The van der Waals surface area contributed by atoms with E-state index in [1.54, 1.807) is 31.2 Å². The molecule has 1 aromatic carbocycles. The highest BCUT2D eigenvalue weighted by Crippen LogP contribution is 2.37. The molecule has 2 amide bonds. The second-order valence-corrected chi connectivity index (χ2v) is 6.25. The van der Waals surface area contributed by atoms with E-state index in [2.05, 4.69) is 10.4 Å². The molecule has 0 unspecified atom stereocenters. The van der Waals surface area contributed by atoms with Crippen LogP contribution in [-0.2, 0) is 25.3 Å². The Hall–Kier alpha value is -2.02. The molecular weight excluding hydrogens is 278 g/mol. The van der Waals surface area contributed by atoms with Crippen LogP contribution in [0.4, 0.5) is 0 Å². The number of hydrazone groups is 1. The highest BCUT2D eigenvalue weighted by atomic mass is 32.2. The fourth-order valence-corrected chi connectivity index (χ4v) is 3.50. The van der Waals surface area contributed by atoms with Crippen molar-refractivity contribution < 1.29 is 13.8 Å². The maximum Gasteiger partial charge on any atom is 0.241 e. The molecule has 0 bridgehead atoms. The third kappa shape index (κ3) is 2.24. The van der Waals surface area contributed by atoms with Gasteiger partial charge >= 0.3 is 0 Å². The van der Waals surface area contributed by atoms with E-state index in [9.17, 15) is 13.8 Å². The average molecular weight is 293 g/mol. The first kappa shape index (κ1) is 14.4. The number of hydrogen-bond donors (Lipinski definition) is 1. The molecule has 2 rings (SSSR count). The van der Waals surface area contributed by atoms with E-state index in [4.69, 9.17) is 0 Å². The van der Waals surface area contributed by atoms with E-state index in [0.717, 1.165) is 5.01 Å². The van der Waals surface area contributed by atoms with Gasteiger partial charge in [0, 0.05) is 13.8 Å². The van der Waals surface area contributed by atoms with Gasteiger partial charge in [-0.15, -0.1) is 5.10 Å². The second kappa shape index (κ2) is 5.16. The van der Waals surface area contributed by atoms with Gasteiger partial charge in [-0.3, -0.25) is 9.59 Å². The Labute approximate surface area is 119 Å². The zero-order chi connectivity index (χ0) is 14.9. The summed E-state index contributed by atoms with van der Waals surface area (Å²) in [6, 6.07) is 8.98. The van der Waals surface area contributed by atoms with Gasteiger partial charge in [0.15, 0.2) is 4.87 Å². The van der Waals surface area contributed by atoms with Crippen LogP contribution in [0.2, 0.25) is 0 Å². The van der Waals surface area contributed by atoms with Gasteiger partial charge in [-0.05, 0) is 12.5 Å². The SMILES string of the molecule is CC(=O)NC1=NN(C(C)=O)[C@](C)(c2ccccc2)[S@@]1=O. The quantitative estimate of drug-likeness (QED) is 0.834. The van der Waals surface area contributed by atoms with Crippen LogP contribution in [0, 0.1) is 0 Å². The van der Waals surface area contributed by atoms with E-state index >= 15 is 0 Å². The van der Waals surface area contributed by atoms with Crippen molar-refractivity contribution in [3.8, 4) is 0 Å². The number of nitrogens with zero attached hydrogens (tertiary/aromatic N) is 2. The van der Waals surface area contributed by atoms with E-state index in [1.165, 1.54) is 13.8 Å². The smallest absolute Gasteiger partial charge is 0.241 e. The van der Waals surface area contributed by atoms with Gasteiger partial charge in [0.2, 0.25) is 17.0 Å². The molecule has 0 radical (unpaired) electrons. The Morgan fingerprint density at radius 1 is 1.25 bits per heavy atom. The highest BCUT2D eigenvalue weighted by molar-refractivity contribution is 8.01. The lowest BCUT2D eigenvalue weighted by atomic mass is 10.1. The minimum Gasteiger partial charge on any atom is -0.302 e. The zero-order valence-corrected chi connectivity index (χ0v) is 12.2. The molecule has 7 heteroatoms. The van der Waals surface area contributed by atoms with E-state index in [0.29, 0.717) is 5.56 Å². The molecule has 0 fully saturated rings. The molecule has 6 nitrogen and oxygen atoms in total. The van der Waals surface area contributed by atoms with Crippen LogP contribution in [0.25, 0.3) is 0 Å². The number of amides is 2. The van der Waals surface area contributed by atoms with Crippen LogP contribution in [0.3, 0.4) is 0 Å². The minimum absolute atomic E-state index is 0.000877. The molecule has 0 saturated carbocycles. The Balaban J connectivity index is 2.50. The van der Waals surface area contributed by atoms with Crippen LogP contribution in [0.5, 0.6) is 0 Å². The van der Waals surface area contributed by atoms with Crippen LogP contribution >= 0.6 is 0 Å². The van der Waals surface area contributed by atoms with Crippen LogP contribution in [-0.4, -0.2) is 26.2 Å². The van der Waals surface area contributed by atoms with Crippen molar-refractivity contribution in [1.82, 2.24) is 10.3 Å². The number of carbonyl (C=O) groups excluding carboxylic acids is 2. The lowest BCUT2D eigenvalue weighted by Crippen LogP contribution is -2.44. The molecule has 0 aromatic heterocycles. The summed E-state index contributed by atoms with van der Waals surface area (Å²) in [6.45, 7) is 4.31. The molecule has 0 saturated heterocycles. The molecule has 0 aliphatic carbocycles. The standard InChI is InChI=1S/C13H15N3O3S/c1-9(17)14-12-15-16(10(2)18)13(3,20(12)19)11-7-5-4-6-8-11/h4-8H,1-3H3,(H,14,15,17)/t13-,20+/m0/s1. The third-order valence-corrected chi connectivity index (χ3v) is 4.69. The van der Waals surface area contributed by atoms with Crippen LogP contribution in [0.15, 0.2) is 35.4 Å². The van der Waals surface area contributed by atoms with Crippen molar-refractivity contribution in [2.24, 2.45) is 5.10 Å². The maximum atomic E-state index is 12.6. The van der Waals surface area contributed by atoms with Gasteiger partial charge in [0.1, 0.15) is 10.8 Å². The number of amidine groups is 1. The summed E-state index contributed by atoms with van der Waals surface area (Å²) in [4.78, 5) is 21.8. The Kier molecular flexibility index (Phi) is 3.71. The topological polar surface area (TPSA) is 78.8 Å². The summed E-state index contributed by atoms with van der Waals surface area (Å²) in [6.07, 6.45) is 0. The van der Waals surface area contributed by atoms with Gasteiger partial charge < -0.3 is 5.32 Å². The first-order valence-corrected chi connectivity index (χ1v) is 7.16. The lowest BCUT2D eigenvalue weighted by molar-refractivity contribution is -0.132. The number of nitrogens with one attached hydrogen (secondary N) is 1. The highest BCUT2D eigenvalue weighted by Gasteiger charge is 2.49. The third-order valence-electron chi connectivity index (χ3n) is 3.02. The monoisotopic (exact) mass is 293 g/mol. The van der Waals surface area contributed by atoms with Gasteiger partial charge in [0.05, 0.1) is 0 Å². The van der Waals surface area contributed by atoms with Gasteiger partial charge in [-0.25, -0.2) is 9.22 Å². The number of rotatable bonds is 1. The molecule has 106 valence electrons. The lowest BCUT2D eigenvalue weighted by Gasteiger charge is -2.30. The van der Waals surface area contributed by atoms with Crippen LogP contribution < -0.4 is 5.32 Å². The summed E-state index contributed by atoms with van der Waals surface area (Å²) in [5.74, 6) is -0.719. The first-order chi connectivity index (χ1) is 9.37. The average Bonchev–Trinajstić information content (AvgIpc) is 2.65. The fourth-order valence-electron chi connectivity index (χ4n) is 2.06. The Morgan fingerprint density at radius 2 is 1.85 bits per heavy atom. The van der Waals surface area contributed by atoms with Crippen molar-refractivity contribution in [1.29, 1.82) is 0 Å². The molecule has 1 heterocycles. The van der Waals surface area contributed by atoms with Crippen molar-refractivity contribution in [3.63, 3.8) is 0 Å². The summed E-state index contributed by atoms with van der Waals surface area (Å²) >= 11 is 0. The second-order valence-electron chi connectivity index (χ2n) is 4.53. The van der Waals surface area contributed by atoms with Crippen molar-refractivity contribution in [2.75, 3.05) is 0 Å². The zero-order valence-electron chi connectivity index (χ0n) is 11.4. The van der Waals surface area contributed by atoms with Gasteiger partial charge in [-0.2, -0.15) is 0 Å². The first-order valence-electron chi connectivity index (χ1n) is 6.01. The van der Waals surface area contributed by atoms with E-state index in [-0.39, 0.29) is 17.0 Å². The molecule has 1 aliphatic heterocycles. The number of carbonyl (C=O) groups is 2. The molecule has 20 heavy (non-hydrogen) atoms. The molecular formula is C13H15N3O3S. The molecule has 0 spiro atoms. The van der Waals surface area contributed by atoms with E-state index in [1.807, 2.05) is 6.07 Å². The maximum absolute atomic E-state index is 12.6. The summed E-state index contributed by atoms with van der Waals surface area (Å²) in [5, 5.41) is 7.58. The number of hydrogen-bond acceptors (Lipinski definition) is 4. The largest absolute Gasteiger partial charge is 0.302 e. The van der Waals surface area contributed by atoms with Crippen LogP contribution in [0.1, 0.15) is 26.3 Å². The number of benzene rings is 1. The van der Waals surface area contributed by atoms with Gasteiger partial charge in [0.25, 0.3) is 0 Å². The van der Waals surface area contributed by atoms with E-state index < -0.39 is 15.7 Å². The summed E-state index contributed by atoms with van der Waals surface area (Å²) in [5.41, 5.74) is 0.692. The molecule has 1 aromatic rings. The molecule has 2 atom stereocenters. The van der Waals surface area contributed by atoms with Crippen molar-refractivity contribution in [2.45, 2.75) is 25.6 Å². The Morgan fingerprint density at radius 3 is 2.35 bits per heavy atom. The normalized spacial score (nSPS) is 25.2. The molecule has 1 aliphatic rings. The predicted molar refractivity (Wildman–Crippen MR) is 75.7 cm³/mol.